The molecular weight excluding hydrogens is 278 g/mol. The molecule has 0 saturated carbocycles. The van der Waals surface area contributed by atoms with E-state index >= 15 is 0 Å². The highest BCUT2D eigenvalue weighted by Crippen LogP contribution is 2.19. The fourth-order valence-electron chi connectivity index (χ4n) is 2.02. The van der Waals surface area contributed by atoms with Crippen molar-refractivity contribution in [3.63, 3.8) is 0 Å². The van der Waals surface area contributed by atoms with Crippen LogP contribution in [0.2, 0.25) is 0 Å². The van der Waals surface area contributed by atoms with Crippen molar-refractivity contribution < 1.29 is 13.2 Å². The molecule has 0 aliphatic rings. The molecule has 0 amide bonds. The number of benzene rings is 1. The number of aromatic nitrogens is 3. The molecule has 0 spiro atoms. The van der Waals surface area contributed by atoms with E-state index in [1.807, 2.05) is 24.3 Å². The first-order chi connectivity index (χ1) is 9.54. The molecule has 108 valence electrons. The number of aryl methyl sites for hydroxylation is 2. The molecule has 0 fully saturated rings. The van der Waals surface area contributed by atoms with Gasteiger partial charge in [0.1, 0.15) is 12.1 Å². The molecule has 6 nitrogen and oxygen atoms in total. The molecule has 0 radical (unpaired) electrons. The monoisotopic (exact) mass is 295 g/mol. The van der Waals surface area contributed by atoms with Crippen molar-refractivity contribution in [3.05, 3.63) is 36.2 Å². The van der Waals surface area contributed by atoms with Crippen molar-refractivity contribution in [3.8, 4) is 5.75 Å². The molecule has 2 aromatic rings. The number of methoxy groups -OCH3 is 1. The van der Waals surface area contributed by atoms with Gasteiger partial charge in [-0.1, -0.05) is 18.2 Å². The Kier molecular flexibility index (Phi) is 4.39. The summed E-state index contributed by atoms with van der Waals surface area (Å²) < 4.78 is 30.7. The number of nitrogens with zero attached hydrogens (tertiary/aromatic N) is 3. The van der Waals surface area contributed by atoms with Gasteiger partial charge in [-0.15, -0.1) is 0 Å². The molecule has 20 heavy (non-hydrogen) atoms. The number of sulfone groups is 1. The molecule has 1 aromatic heterocycles. The van der Waals surface area contributed by atoms with Gasteiger partial charge < -0.3 is 4.74 Å². The first-order valence-electron chi connectivity index (χ1n) is 6.23. The molecule has 1 aromatic carbocycles. The number of rotatable bonds is 6. The smallest absolute Gasteiger partial charge is 0.245 e. The highest BCUT2D eigenvalue weighted by atomic mass is 32.2. The first kappa shape index (κ1) is 14.5. The summed E-state index contributed by atoms with van der Waals surface area (Å²) in [5.74, 6) is 0.820. The van der Waals surface area contributed by atoms with E-state index in [-0.39, 0.29) is 10.9 Å². The van der Waals surface area contributed by atoms with Gasteiger partial charge in [-0.25, -0.2) is 18.1 Å². The lowest BCUT2D eigenvalue weighted by atomic mass is 10.1. The van der Waals surface area contributed by atoms with Crippen molar-refractivity contribution >= 4 is 9.84 Å². The average Bonchev–Trinajstić information content (AvgIpc) is 2.86. The Balaban J connectivity index is 2.01. The Morgan fingerprint density at radius 3 is 2.70 bits per heavy atom. The van der Waals surface area contributed by atoms with Crippen LogP contribution in [0.15, 0.2) is 35.7 Å². The van der Waals surface area contributed by atoms with E-state index in [1.54, 1.807) is 14.2 Å². The van der Waals surface area contributed by atoms with Crippen LogP contribution in [0.4, 0.5) is 0 Å². The molecule has 7 heteroatoms. The van der Waals surface area contributed by atoms with Crippen LogP contribution < -0.4 is 4.74 Å². The van der Waals surface area contributed by atoms with Gasteiger partial charge in [0.25, 0.3) is 0 Å². The van der Waals surface area contributed by atoms with Crippen LogP contribution in [0.25, 0.3) is 0 Å². The predicted octanol–water partition coefficient (Wildman–Crippen LogP) is 1.23. The number of hydrogen-bond donors (Lipinski definition) is 0. The predicted molar refractivity (Wildman–Crippen MR) is 74.4 cm³/mol. The van der Waals surface area contributed by atoms with Gasteiger partial charge in [0.05, 0.1) is 12.9 Å². The maximum Gasteiger partial charge on any atom is 0.245 e. The van der Waals surface area contributed by atoms with Crippen molar-refractivity contribution in [1.29, 1.82) is 0 Å². The van der Waals surface area contributed by atoms with E-state index in [1.165, 1.54) is 11.0 Å². The SMILES string of the molecule is COc1ccccc1CCCS(=O)(=O)c1ncnn1C. The molecule has 0 unspecified atom stereocenters. The summed E-state index contributed by atoms with van der Waals surface area (Å²) in [5, 5.41) is 3.79. The number of para-hydroxylation sites is 1. The van der Waals surface area contributed by atoms with Gasteiger partial charge in [-0.3, -0.25) is 0 Å². The highest BCUT2D eigenvalue weighted by Gasteiger charge is 2.19. The summed E-state index contributed by atoms with van der Waals surface area (Å²) in [6.45, 7) is 0. The molecule has 0 saturated heterocycles. The lowest BCUT2D eigenvalue weighted by Gasteiger charge is -2.08. The van der Waals surface area contributed by atoms with Crippen LogP contribution in [-0.4, -0.2) is 36.0 Å². The third kappa shape index (κ3) is 3.16. The molecule has 0 aliphatic carbocycles. The van der Waals surface area contributed by atoms with E-state index in [2.05, 4.69) is 10.1 Å². The molecular formula is C13H17N3O3S. The third-order valence-electron chi connectivity index (χ3n) is 3.00. The maximum absolute atomic E-state index is 12.1. The summed E-state index contributed by atoms with van der Waals surface area (Å²) >= 11 is 0. The fourth-order valence-corrected chi connectivity index (χ4v) is 3.39. The summed E-state index contributed by atoms with van der Waals surface area (Å²) in [4.78, 5) is 3.79. The summed E-state index contributed by atoms with van der Waals surface area (Å²) in [6, 6.07) is 7.61. The minimum absolute atomic E-state index is 0.0116. The van der Waals surface area contributed by atoms with E-state index in [0.717, 1.165) is 11.3 Å². The molecule has 1 heterocycles. The van der Waals surface area contributed by atoms with Crippen LogP contribution in [0.1, 0.15) is 12.0 Å². The van der Waals surface area contributed by atoms with Crippen LogP contribution in [0, 0.1) is 0 Å². The van der Waals surface area contributed by atoms with Crippen molar-refractivity contribution in [2.75, 3.05) is 12.9 Å². The van der Waals surface area contributed by atoms with Crippen LogP contribution in [0.3, 0.4) is 0 Å². The molecule has 0 bridgehead atoms. The highest BCUT2D eigenvalue weighted by molar-refractivity contribution is 7.91. The zero-order valence-electron chi connectivity index (χ0n) is 11.5. The Morgan fingerprint density at radius 1 is 1.30 bits per heavy atom. The second-order valence-corrected chi connectivity index (χ2v) is 6.40. The lowest BCUT2D eigenvalue weighted by Crippen LogP contribution is -2.13. The molecule has 0 N–H and O–H groups in total. The Hall–Kier alpha value is -1.89. The van der Waals surface area contributed by atoms with Crippen LogP contribution in [0.5, 0.6) is 5.75 Å². The van der Waals surface area contributed by atoms with Crippen LogP contribution >= 0.6 is 0 Å². The lowest BCUT2D eigenvalue weighted by molar-refractivity contribution is 0.409. The Bertz CT molecular complexity index is 680. The summed E-state index contributed by atoms with van der Waals surface area (Å²) in [6.07, 6.45) is 2.39. The van der Waals surface area contributed by atoms with E-state index < -0.39 is 9.84 Å². The van der Waals surface area contributed by atoms with Gasteiger partial charge >= 0.3 is 0 Å². The Morgan fingerprint density at radius 2 is 2.05 bits per heavy atom. The standard InChI is InChI=1S/C13H17N3O3S/c1-16-13(14-10-15-16)20(17,18)9-5-7-11-6-3-4-8-12(11)19-2/h3-4,6,8,10H,5,7,9H2,1-2H3. The minimum atomic E-state index is -3.39. The van der Waals surface area contributed by atoms with E-state index in [9.17, 15) is 8.42 Å². The minimum Gasteiger partial charge on any atom is -0.496 e. The number of hydrogen-bond acceptors (Lipinski definition) is 5. The fraction of sp³-hybridized carbons (Fsp3) is 0.385. The van der Waals surface area contributed by atoms with Gasteiger partial charge in [0.2, 0.25) is 15.0 Å². The van der Waals surface area contributed by atoms with Crippen LogP contribution in [-0.2, 0) is 23.3 Å². The van der Waals surface area contributed by atoms with Gasteiger partial charge in [-0.05, 0) is 24.5 Å². The molecule has 0 aliphatic heterocycles. The maximum atomic E-state index is 12.1. The summed E-state index contributed by atoms with van der Waals surface area (Å²) in [7, 11) is -0.213. The Labute approximate surface area is 118 Å². The van der Waals surface area contributed by atoms with Gasteiger partial charge in [0.15, 0.2) is 0 Å². The topological polar surface area (TPSA) is 74.1 Å². The van der Waals surface area contributed by atoms with Gasteiger partial charge in [0, 0.05) is 7.05 Å². The quantitative estimate of drug-likeness (QED) is 0.801. The molecule has 2 rings (SSSR count). The molecule has 0 atom stereocenters. The second kappa shape index (κ2) is 6.04. The second-order valence-electron chi connectivity index (χ2n) is 4.40. The first-order valence-corrected chi connectivity index (χ1v) is 7.88. The van der Waals surface area contributed by atoms with E-state index in [0.29, 0.717) is 12.8 Å². The largest absolute Gasteiger partial charge is 0.496 e. The average molecular weight is 295 g/mol. The van der Waals surface area contributed by atoms with E-state index in [4.69, 9.17) is 4.74 Å². The van der Waals surface area contributed by atoms with Crippen molar-refractivity contribution in [1.82, 2.24) is 14.8 Å². The number of ether oxygens (including phenoxy) is 1. The zero-order valence-corrected chi connectivity index (χ0v) is 12.3. The zero-order chi connectivity index (χ0) is 14.6. The summed E-state index contributed by atoms with van der Waals surface area (Å²) in [5.41, 5.74) is 1.00. The van der Waals surface area contributed by atoms with Gasteiger partial charge in [-0.2, -0.15) is 5.10 Å². The van der Waals surface area contributed by atoms with Crippen molar-refractivity contribution in [2.45, 2.75) is 18.0 Å². The normalized spacial score (nSPS) is 11.5. The third-order valence-corrected chi connectivity index (χ3v) is 4.75. The van der Waals surface area contributed by atoms with Crippen molar-refractivity contribution in [2.24, 2.45) is 7.05 Å².